The Balaban J connectivity index is 2.01. The minimum atomic E-state index is 0.411. The fraction of sp³-hybridized carbons (Fsp3) is 0.357. The quantitative estimate of drug-likeness (QED) is 0.880. The molecule has 1 aromatic heterocycles. The first-order valence-electron chi connectivity index (χ1n) is 6.28. The molecule has 1 unspecified atom stereocenters. The zero-order valence-electron chi connectivity index (χ0n) is 10.5. The van der Waals surface area contributed by atoms with E-state index < -0.39 is 0 Å². The van der Waals surface area contributed by atoms with Gasteiger partial charge < -0.3 is 10.2 Å². The number of fused-ring (bicyclic) bond motifs is 1. The van der Waals surface area contributed by atoms with E-state index >= 15 is 0 Å². The summed E-state index contributed by atoms with van der Waals surface area (Å²) in [6, 6.07) is 9.07. The second-order valence-corrected chi connectivity index (χ2v) is 4.87. The molecule has 1 aliphatic rings. The Bertz CT molecular complexity index is 549. The SMILES string of the molecule is CC1Cc2ccccc2N(c2nc(CN)co2)C1. The molecule has 0 spiro atoms. The fourth-order valence-corrected chi connectivity index (χ4v) is 2.49. The first-order chi connectivity index (χ1) is 8.78. The van der Waals surface area contributed by atoms with E-state index in [0.717, 1.165) is 18.7 Å². The van der Waals surface area contributed by atoms with Crippen LogP contribution in [0.5, 0.6) is 0 Å². The van der Waals surface area contributed by atoms with Crippen LogP contribution in [-0.2, 0) is 13.0 Å². The van der Waals surface area contributed by atoms with Crippen LogP contribution >= 0.6 is 0 Å². The highest BCUT2D eigenvalue weighted by Gasteiger charge is 2.25. The highest BCUT2D eigenvalue weighted by molar-refractivity contribution is 5.62. The molecular formula is C14H17N3O. The van der Waals surface area contributed by atoms with E-state index in [-0.39, 0.29) is 0 Å². The molecule has 2 heterocycles. The predicted molar refractivity (Wildman–Crippen MR) is 70.7 cm³/mol. The molecule has 0 saturated carbocycles. The highest BCUT2D eigenvalue weighted by atomic mass is 16.4. The lowest BCUT2D eigenvalue weighted by molar-refractivity contribution is 0.503. The molecule has 0 saturated heterocycles. The zero-order valence-corrected chi connectivity index (χ0v) is 10.5. The summed E-state index contributed by atoms with van der Waals surface area (Å²) in [5.41, 5.74) is 8.91. The summed E-state index contributed by atoms with van der Waals surface area (Å²) >= 11 is 0. The summed E-state index contributed by atoms with van der Waals surface area (Å²) in [5.74, 6) is 0.591. The first kappa shape index (κ1) is 11.3. The molecule has 0 bridgehead atoms. The Morgan fingerprint density at radius 3 is 3.06 bits per heavy atom. The Labute approximate surface area is 106 Å². The van der Waals surface area contributed by atoms with Crippen LogP contribution in [0.3, 0.4) is 0 Å². The lowest BCUT2D eigenvalue weighted by Gasteiger charge is -2.31. The van der Waals surface area contributed by atoms with Gasteiger partial charge in [-0.05, 0) is 24.0 Å². The molecule has 0 aliphatic carbocycles. The maximum absolute atomic E-state index is 5.57. The predicted octanol–water partition coefficient (Wildman–Crippen LogP) is 2.46. The van der Waals surface area contributed by atoms with Crippen LogP contribution in [0, 0.1) is 5.92 Å². The summed E-state index contributed by atoms with van der Waals surface area (Å²) in [6.45, 7) is 3.59. The smallest absolute Gasteiger partial charge is 0.302 e. The van der Waals surface area contributed by atoms with Gasteiger partial charge in [0, 0.05) is 18.8 Å². The van der Waals surface area contributed by atoms with E-state index in [2.05, 4.69) is 41.1 Å². The fourth-order valence-electron chi connectivity index (χ4n) is 2.49. The van der Waals surface area contributed by atoms with E-state index in [4.69, 9.17) is 10.2 Å². The summed E-state index contributed by atoms with van der Waals surface area (Å²) < 4.78 is 5.54. The zero-order chi connectivity index (χ0) is 12.5. The van der Waals surface area contributed by atoms with Crippen LogP contribution < -0.4 is 10.6 Å². The average Bonchev–Trinajstić information content (AvgIpc) is 2.86. The molecule has 0 radical (unpaired) electrons. The molecule has 4 heteroatoms. The summed E-state index contributed by atoms with van der Waals surface area (Å²) in [5, 5.41) is 0. The van der Waals surface area contributed by atoms with Gasteiger partial charge in [0.2, 0.25) is 0 Å². The molecule has 1 atom stereocenters. The van der Waals surface area contributed by atoms with Gasteiger partial charge in [0.15, 0.2) is 0 Å². The molecule has 3 rings (SSSR count). The van der Waals surface area contributed by atoms with E-state index in [1.807, 2.05) is 0 Å². The van der Waals surface area contributed by atoms with E-state index in [1.165, 1.54) is 11.3 Å². The minimum absolute atomic E-state index is 0.411. The largest absolute Gasteiger partial charge is 0.431 e. The molecule has 0 amide bonds. The molecule has 4 nitrogen and oxygen atoms in total. The van der Waals surface area contributed by atoms with Gasteiger partial charge in [-0.1, -0.05) is 25.1 Å². The second-order valence-electron chi connectivity index (χ2n) is 4.87. The Hall–Kier alpha value is -1.81. The van der Waals surface area contributed by atoms with Crippen LogP contribution in [0.1, 0.15) is 18.2 Å². The lowest BCUT2D eigenvalue weighted by Crippen LogP contribution is -2.30. The number of benzene rings is 1. The van der Waals surface area contributed by atoms with Gasteiger partial charge in [0.1, 0.15) is 6.26 Å². The molecule has 18 heavy (non-hydrogen) atoms. The number of para-hydroxylation sites is 1. The standard InChI is InChI=1S/C14H17N3O/c1-10-6-11-4-2-3-5-13(11)17(8-10)14-16-12(7-15)9-18-14/h2-5,9-10H,6-8,15H2,1H3. The van der Waals surface area contributed by atoms with Crippen LogP contribution in [0.15, 0.2) is 34.9 Å². The topological polar surface area (TPSA) is 55.3 Å². The molecule has 1 aromatic carbocycles. The number of hydrogen-bond donors (Lipinski definition) is 1. The van der Waals surface area contributed by atoms with Gasteiger partial charge in [-0.25, -0.2) is 0 Å². The number of nitrogens with two attached hydrogens (primary N) is 1. The van der Waals surface area contributed by atoms with Crippen molar-refractivity contribution >= 4 is 11.7 Å². The van der Waals surface area contributed by atoms with Crippen molar-refractivity contribution in [1.29, 1.82) is 0 Å². The number of oxazole rings is 1. The van der Waals surface area contributed by atoms with Crippen molar-refractivity contribution in [1.82, 2.24) is 4.98 Å². The van der Waals surface area contributed by atoms with Crippen molar-refractivity contribution in [3.05, 3.63) is 41.8 Å². The summed E-state index contributed by atoms with van der Waals surface area (Å²) in [4.78, 5) is 6.56. The second kappa shape index (κ2) is 4.46. The van der Waals surface area contributed by atoms with Crippen molar-refractivity contribution in [2.45, 2.75) is 19.9 Å². The van der Waals surface area contributed by atoms with Crippen molar-refractivity contribution in [2.24, 2.45) is 11.7 Å². The maximum Gasteiger partial charge on any atom is 0.302 e. The molecule has 2 N–H and O–H groups in total. The molecule has 94 valence electrons. The summed E-state index contributed by atoms with van der Waals surface area (Å²) in [6.07, 6.45) is 2.74. The maximum atomic E-state index is 5.57. The minimum Gasteiger partial charge on any atom is -0.431 e. The van der Waals surface area contributed by atoms with Gasteiger partial charge in [0.05, 0.1) is 5.69 Å². The van der Waals surface area contributed by atoms with Crippen molar-refractivity contribution in [3.8, 4) is 0 Å². The molecule has 1 aliphatic heterocycles. The number of aromatic nitrogens is 1. The van der Waals surface area contributed by atoms with Crippen LogP contribution in [-0.4, -0.2) is 11.5 Å². The lowest BCUT2D eigenvalue weighted by atomic mass is 9.94. The average molecular weight is 243 g/mol. The van der Waals surface area contributed by atoms with Crippen molar-refractivity contribution in [2.75, 3.05) is 11.4 Å². The number of rotatable bonds is 2. The monoisotopic (exact) mass is 243 g/mol. The number of nitrogens with zero attached hydrogens (tertiary/aromatic N) is 2. The van der Waals surface area contributed by atoms with E-state index in [1.54, 1.807) is 6.26 Å². The van der Waals surface area contributed by atoms with Gasteiger partial charge >= 0.3 is 6.01 Å². The van der Waals surface area contributed by atoms with Gasteiger partial charge in [-0.15, -0.1) is 0 Å². The molecule has 2 aromatic rings. The Morgan fingerprint density at radius 2 is 2.28 bits per heavy atom. The van der Waals surface area contributed by atoms with Crippen LogP contribution in [0.4, 0.5) is 11.7 Å². The van der Waals surface area contributed by atoms with Gasteiger partial charge in [0.25, 0.3) is 0 Å². The van der Waals surface area contributed by atoms with Gasteiger partial charge in [-0.3, -0.25) is 4.90 Å². The highest BCUT2D eigenvalue weighted by Crippen LogP contribution is 2.34. The Kier molecular flexibility index (Phi) is 2.80. The Morgan fingerprint density at radius 1 is 1.44 bits per heavy atom. The number of hydrogen-bond acceptors (Lipinski definition) is 4. The van der Waals surface area contributed by atoms with Gasteiger partial charge in [-0.2, -0.15) is 4.98 Å². The van der Waals surface area contributed by atoms with E-state index in [0.29, 0.717) is 18.5 Å². The summed E-state index contributed by atoms with van der Waals surface area (Å²) in [7, 11) is 0. The third-order valence-electron chi connectivity index (χ3n) is 3.32. The molecule has 0 fully saturated rings. The number of anilines is 2. The third kappa shape index (κ3) is 1.88. The normalized spacial score (nSPS) is 18.8. The first-order valence-corrected chi connectivity index (χ1v) is 6.28. The third-order valence-corrected chi connectivity index (χ3v) is 3.32. The van der Waals surface area contributed by atoms with Crippen LogP contribution in [0.2, 0.25) is 0 Å². The van der Waals surface area contributed by atoms with E-state index in [9.17, 15) is 0 Å². The van der Waals surface area contributed by atoms with Crippen LogP contribution in [0.25, 0.3) is 0 Å². The van der Waals surface area contributed by atoms with Crippen molar-refractivity contribution in [3.63, 3.8) is 0 Å². The van der Waals surface area contributed by atoms with Crippen molar-refractivity contribution < 1.29 is 4.42 Å². The molecular weight excluding hydrogens is 226 g/mol.